The Labute approximate surface area is 104 Å². The van der Waals surface area contributed by atoms with Crippen molar-refractivity contribution in [3.05, 3.63) is 47.8 Å². The Bertz CT molecular complexity index is 632. The molecule has 0 bridgehead atoms. The molecule has 2 rings (SSSR count). The number of hydrogen-bond acceptors (Lipinski definition) is 3. The molecule has 3 nitrogen and oxygen atoms in total. The lowest BCUT2D eigenvalue weighted by Crippen LogP contribution is -1.88. The van der Waals surface area contributed by atoms with Crippen LogP contribution in [0.25, 0.3) is 11.1 Å². The quantitative estimate of drug-likeness (QED) is 0.881. The summed E-state index contributed by atoms with van der Waals surface area (Å²) in [5.41, 5.74) is 1.06. The number of methoxy groups -OCH3 is 1. The fourth-order valence-corrected chi connectivity index (χ4v) is 1.73. The average Bonchev–Trinajstić information content (AvgIpc) is 2.38. The molecule has 0 atom stereocenters. The molecule has 1 N–H and O–H groups in total. The van der Waals surface area contributed by atoms with Gasteiger partial charge in [-0.1, -0.05) is 12.1 Å². The molecule has 2 aromatic carbocycles. The number of benzene rings is 2. The van der Waals surface area contributed by atoms with Crippen molar-refractivity contribution in [2.75, 3.05) is 7.11 Å². The number of nitriles is 1. The maximum atomic E-state index is 13.4. The standard InChI is InChI=1S/C14H10FNO2/c1-18-13-4-2-3-12(14(13)17)10-5-9(8-16)6-11(15)7-10/h2-7,17H,1H3. The molecular formula is C14H10FNO2. The van der Waals surface area contributed by atoms with Gasteiger partial charge in [-0.25, -0.2) is 4.39 Å². The lowest BCUT2D eigenvalue weighted by atomic mass is 10.0. The van der Waals surface area contributed by atoms with E-state index in [-0.39, 0.29) is 11.3 Å². The number of para-hydroxylation sites is 1. The largest absolute Gasteiger partial charge is 0.504 e. The zero-order chi connectivity index (χ0) is 13.1. The molecule has 0 spiro atoms. The van der Waals surface area contributed by atoms with Gasteiger partial charge in [0.25, 0.3) is 0 Å². The highest BCUT2D eigenvalue weighted by molar-refractivity contribution is 5.74. The summed E-state index contributed by atoms with van der Waals surface area (Å²) in [5, 5.41) is 18.8. The zero-order valence-electron chi connectivity index (χ0n) is 9.64. The fraction of sp³-hybridized carbons (Fsp3) is 0.0714. The maximum absolute atomic E-state index is 13.4. The van der Waals surface area contributed by atoms with Crippen LogP contribution in [-0.2, 0) is 0 Å². The topological polar surface area (TPSA) is 53.2 Å². The first-order chi connectivity index (χ1) is 8.65. The molecule has 0 aliphatic rings. The van der Waals surface area contributed by atoms with Crippen LogP contribution in [0.2, 0.25) is 0 Å². The molecule has 4 heteroatoms. The number of halogens is 1. The van der Waals surface area contributed by atoms with E-state index in [0.29, 0.717) is 16.9 Å². The molecule has 90 valence electrons. The normalized spacial score (nSPS) is 9.83. The highest BCUT2D eigenvalue weighted by atomic mass is 19.1. The van der Waals surface area contributed by atoms with Crippen molar-refractivity contribution in [3.8, 4) is 28.7 Å². The number of rotatable bonds is 2. The molecule has 0 heterocycles. The fourth-order valence-electron chi connectivity index (χ4n) is 1.73. The minimum atomic E-state index is -0.522. The Morgan fingerprint density at radius 2 is 2.06 bits per heavy atom. The second kappa shape index (κ2) is 4.76. The van der Waals surface area contributed by atoms with Gasteiger partial charge in [0.2, 0.25) is 0 Å². The SMILES string of the molecule is COc1cccc(-c2cc(F)cc(C#N)c2)c1O. The zero-order valence-corrected chi connectivity index (χ0v) is 9.64. The van der Waals surface area contributed by atoms with Crippen LogP contribution in [0.15, 0.2) is 36.4 Å². The maximum Gasteiger partial charge on any atom is 0.165 e. The Hall–Kier alpha value is -2.54. The van der Waals surface area contributed by atoms with Crippen LogP contribution >= 0.6 is 0 Å². The molecule has 2 aromatic rings. The van der Waals surface area contributed by atoms with Gasteiger partial charge in [-0.2, -0.15) is 5.26 Å². The summed E-state index contributed by atoms with van der Waals surface area (Å²) in [4.78, 5) is 0. The van der Waals surface area contributed by atoms with Gasteiger partial charge in [0.05, 0.1) is 18.7 Å². The average molecular weight is 243 g/mol. The Kier molecular flexibility index (Phi) is 3.16. The van der Waals surface area contributed by atoms with Crippen LogP contribution in [0.3, 0.4) is 0 Å². The molecule has 0 amide bonds. The van der Waals surface area contributed by atoms with Crippen LogP contribution in [0.1, 0.15) is 5.56 Å². The van der Waals surface area contributed by atoms with E-state index in [1.54, 1.807) is 18.2 Å². The minimum Gasteiger partial charge on any atom is -0.504 e. The molecule has 18 heavy (non-hydrogen) atoms. The summed E-state index contributed by atoms with van der Waals surface area (Å²) in [7, 11) is 1.44. The van der Waals surface area contributed by atoms with E-state index in [1.807, 2.05) is 6.07 Å². The summed E-state index contributed by atoms with van der Waals surface area (Å²) in [6, 6.07) is 10.7. The van der Waals surface area contributed by atoms with Gasteiger partial charge in [-0.15, -0.1) is 0 Å². The molecule has 0 aliphatic heterocycles. The van der Waals surface area contributed by atoms with E-state index in [2.05, 4.69) is 0 Å². The molecule has 0 unspecified atom stereocenters. The van der Waals surface area contributed by atoms with E-state index in [0.717, 1.165) is 6.07 Å². The molecule has 0 fully saturated rings. The van der Waals surface area contributed by atoms with Gasteiger partial charge in [0.15, 0.2) is 11.5 Å². The van der Waals surface area contributed by atoms with Gasteiger partial charge in [-0.05, 0) is 29.8 Å². The molecule has 0 aliphatic carbocycles. The van der Waals surface area contributed by atoms with Gasteiger partial charge in [0, 0.05) is 5.56 Å². The third-order valence-electron chi connectivity index (χ3n) is 2.56. The van der Waals surface area contributed by atoms with Crippen molar-refractivity contribution in [1.82, 2.24) is 0 Å². The number of ether oxygens (including phenoxy) is 1. The van der Waals surface area contributed by atoms with Gasteiger partial charge < -0.3 is 9.84 Å². The highest BCUT2D eigenvalue weighted by Gasteiger charge is 2.11. The van der Waals surface area contributed by atoms with E-state index in [4.69, 9.17) is 10.00 Å². The monoisotopic (exact) mass is 243 g/mol. The molecular weight excluding hydrogens is 233 g/mol. The summed E-state index contributed by atoms with van der Waals surface area (Å²) >= 11 is 0. The summed E-state index contributed by atoms with van der Waals surface area (Å²) < 4.78 is 18.3. The van der Waals surface area contributed by atoms with E-state index in [1.165, 1.54) is 19.2 Å². The van der Waals surface area contributed by atoms with Gasteiger partial charge in [-0.3, -0.25) is 0 Å². The number of phenolic OH excluding ortho intramolecular Hbond substituents is 1. The van der Waals surface area contributed by atoms with E-state index >= 15 is 0 Å². The lowest BCUT2D eigenvalue weighted by molar-refractivity contribution is 0.374. The van der Waals surface area contributed by atoms with Crippen LogP contribution < -0.4 is 4.74 Å². The van der Waals surface area contributed by atoms with Gasteiger partial charge >= 0.3 is 0 Å². The van der Waals surface area contributed by atoms with Crippen LogP contribution in [-0.4, -0.2) is 12.2 Å². The Morgan fingerprint density at radius 3 is 2.72 bits per heavy atom. The predicted molar refractivity (Wildman–Crippen MR) is 64.8 cm³/mol. The van der Waals surface area contributed by atoms with Gasteiger partial charge in [0.1, 0.15) is 5.82 Å². The van der Waals surface area contributed by atoms with E-state index in [9.17, 15) is 9.50 Å². The predicted octanol–water partition coefficient (Wildman–Crippen LogP) is 3.08. The third kappa shape index (κ3) is 2.11. The van der Waals surface area contributed by atoms with Crippen LogP contribution in [0.4, 0.5) is 4.39 Å². The summed E-state index contributed by atoms with van der Waals surface area (Å²) in [6.45, 7) is 0. The summed E-state index contributed by atoms with van der Waals surface area (Å²) in [5.74, 6) is -0.295. The Balaban J connectivity index is 2.62. The number of hydrogen-bond donors (Lipinski definition) is 1. The first-order valence-corrected chi connectivity index (χ1v) is 5.22. The van der Waals surface area contributed by atoms with Crippen molar-refractivity contribution in [3.63, 3.8) is 0 Å². The van der Waals surface area contributed by atoms with Crippen molar-refractivity contribution in [2.45, 2.75) is 0 Å². The van der Waals surface area contributed by atoms with Crippen molar-refractivity contribution >= 4 is 0 Å². The molecule has 0 saturated carbocycles. The molecule has 0 aromatic heterocycles. The highest BCUT2D eigenvalue weighted by Crippen LogP contribution is 2.37. The second-order valence-electron chi connectivity index (χ2n) is 3.70. The van der Waals surface area contributed by atoms with Crippen molar-refractivity contribution in [2.24, 2.45) is 0 Å². The van der Waals surface area contributed by atoms with Crippen molar-refractivity contribution in [1.29, 1.82) is 5.26 Å². The first kappa shape index (κ1) is 11.9. The third-order valence-corrected chi connectivity index (χ3v) is 2.56. The van der Waals surface area contributed by atoms with Crippen molar-refractivity contribution < 1.29 is 14.2 Å². The first-order valence-electron chi connectivity index (χ1n) is 5.22. The smallest absolute Gasteiger partial charge is 0.165 e. The Morgan fingerprint density at radius 1 is 1.28 bits per heavy atom. The lowest BCUT2D eigenvalue weighted by Gasteiger charge is -2.09. The summed E-state index contributed by atoms with van der Waals surface area (Å²) in [6.07, 6.45) is 0. The van der Waals surface area contributed by atoms with Crippen LogP contribution in [0, 0.1) is 17.1 Å². The number of aromatic hydroxyl groups is 1. The second-order valence-corrected chi connectivity index (χ2v) is 3.70. The minimum absolute atomic E-state index is 0.0745. The van der Waals surface area contributed by atoms with E-state index < -0.39 is 5.82 Å². The molecule has 0 radical (unpaired) electrons. The van der Waals surface area contributed by atoms with Crippen LogP contribution in [0.5, 0.6) is 11.5 Å². The molecule has 0 saturated heterocycles. The number of phenols is 1. The number of nitrogens with zero attached hydrogens (tertiary/aromatic N) is 1.